The van der Waals surface area contributed by atoms with E-state index < -0.39 is 6.10 Å². The van der Waals surface area contributed by atoms with Gasteiger partial charge in [-0.05, 0) is 31.5 Å². The summed E-state index contributed by atoms with van der Waals surface area (Å²) in [7, 11) is 0. The van der Waals surface area contributed by atoms with E-state index >= 15 is 0 Å². The molecule has 0 saturated heterocycles. The van der Waals surface area contributed by atoms with E-state index in [1.165, 1.54) is 5.56 Å². The number of hydrogen-bond acceptors (Lipinski definition) is 3. The average molecular weight is 302 g/mol. The first-order chi connectivity index (χ1) is 8.13. The predicted molar refractivity (Wildman–Crippen MR) is 73.1 cm³/mol. The van der Waals surface area contributed by atoms with Crippen LogP contribution in [0.15, 0.2) is 28.7 Å². The maximum absolute atomic E-state index is 9.63. The maximum atomic E-state index is 9.63. The van der Waals surface area contributed by atoms with E-state index in [1.54, 1.807) is 0 Å². The molecular weight excluding hydrogens is 282 g/mol. The summed E-state index contributed by atoms with van der Waals surface area (Å²) in [6.45, 7) is 5.56. The quantitative estimate of drug-likeness (QED) is 0.813. The Balaban J connectivity index is 2.34. The second-order valence-electron chi connectivity index (χ2n) is 3.99. The van der Waals surface area contributed by atoms with Crippen molar-refractivity contribution in [3.8, 4) is 0 Å². The van der Waals surface area contributed by atoms with Crippen LogP contribution in [-0.4, -0.2) is 31.0 Å². The third-order valence-electron chi connectivity index (χ3n) is 2.54. The lowest BCUT2D eigenvalue weighted by molar-refractivity contribution is 0.0416. The largest absolute Gasteiger partial charge is 0.389 e. The lowest BCUT2D eigenvalue weighted by Gasteiger charge is -2.17. The van der Waals surface area contributed by atoms with Gasteiger partial charge in [0.15, 0.2) is 0 Å². The van der Waals surface area contributed by atoms with Gasteiger partial charge in [0.25, 0.3) is 0 Å². The minimum absolute atomic E-state index is 0.222. The fraction of sp³-hybridized carbons (Fsp3) is 0.538. The number of halogens is 1. The maximum Gasteiger partial charge on any atom is 0.0897 e. The molecule has 0 aromatic heterocycles. The number of rotatable bonds is 7. The van der Waals surface area contributed by atoms with Crippen molar-refractivity contribution in [3.63, 3.8) is 0 Å². The van der Waals surface area contributed by atoms with E-state index in [-0.39, 0.29) is 6.04 Å². The molecule has 0 amide bonds. The Morgan fingerprint density at radius 2 is 2.00 bits per heavy atom. The van der Waals surface area contributed by atoms with Crippen molar-refractivity contribution in [2.45, 2.75) is 26.0 Å². The van der Waals surface area contributed by atoms with Gasteiger partial charge in [-0.2, -0.15) is 0 Å². The highest BCUT2D eigenvalue weighted by molar-refractivity contribution is 9.10. The van der Waals surface area contributed by atoms with Crippen LogP contribution in [0.5, 0.6) is 0 Å². The summed E-state index contributed by atoms with van der Waals surface area (Å²) in [6.07, 6.45) is -0.451. The first kappa shape index (κ1) is 14.6. The molecule has 0 radical (unpaired) electrons. The molecule has 1 unspecified atom stereocenters. The number of ether oxygens (including phenoxy) is 1. The van der Waals surface area contributed by atoms with Crippen molar-refractivity contribution in [1.82, 2.24) is 5.32 Å². The minimum Gasteiger partial charge on any atom is -0.389 e. The highest BCUT2D eigenvalue weighted by atomic mass is 79.9. The normalized spacial score (nSPS) is 14.6. The molecule has 0 spiro atoms. The zero-order chi connectivity index (χ0) is 12.7. The Morgan fingerprint density at radius 1 is 1.35 bits per heavy atom. The lowest BCUT2D eigenvalue weighted by Crippen LogP contribution is -2.32. The third kappa shape index (κ3) is 5.64. The van der Waals surface area contributed by atoms with E-state index in [1.807, 2.05) is 19.1 Å². The Labute approximate surface area is 111 Å². The molecule has 17 heavy (non-hydrogen) atoms. The Hall–Kier alpha value is -0.420. The second-order valence-corrected chi connectivity index (χ2v) is 4.91. The average Bonchev–Trinajstić information content (AvgIpc) is 2.34. The van der Waals surface area contributed by atoms with Crippen molar-refractivity contribution in [2.24, 2.45) is 0 Å². The molecule has 0 saturated carbocycles. The van der Waals surface area contributed by atoms with Gasteiger partial charge >= 0.3 is 0 Å². The van der Waals surface area contributed by atoms with Gasteiger partial charge in [0, 0.05) is 23.7 Å². The molecule has 2 N–H and O–H groups in total. The summed E-state index contributed by atoms with van der Waals surface area (Å²) in [5.41, 5.74) is 1.21. The number of hydrogen-bond donors (Lipinski definition) is 2. The highest BCUT2D eigenvalue weighted by Gasteiger charge is 2.08. The SMILES string of the molecule is CCOCC(O)CN[C@H](C)c1ccc(Br)cc1. The summed E-state index contributed by atoms with van der Waals surface area (Å²) >= 11 is 3.41. The molecule has 3 nitrogen and oxygen atoms in total. The Kier molecular flexibility index (Phi) is 6.73. The molecule has 96 valence electrons. The molecule has 0 bridgehead atoms. The smallest absolute Gasteiger partial charge is 0.0897 e. The summed E-state index contributed by atoms with van der Waals surface area (Å²) in [4.78, 5) is 0. The Bertz CT molecular complexity index is 316. The lowest BCUT2D eigenvalue weighted by atomic mass is 10.1. The zero-order valence-corrected chi connectivity index (χ0v) is 11.9. The van der Waals surface area contributed by atoms with Gasteiger partial charge in [0.05, 0.1) is 12.7 Å². The van der Waals surface area contributed by atoms with E-state index in [0.717, 1.165) is 4.47 Å². The first-order valence-corrected chi connectivity index (χ1v) is 6.67. The van der Waals surface area contributed by atoms with Crippen LogP contribution in [-0.2, 0) is 4.74 Å². The topological polar surface area (TPSA) is 41.5 Å². The van der Waals surface area contributed by atoms with Gasteiger partial charge in [0.2, 0.25) is 0 Å². The van der Waals surface area contributed by atoms with Crippen LogP contribution < -0.4 is 5.32 Å². The van der Waals surface area contributed by atoms with Crippen LogP contribution in [0.1, 0.15) is 25.5 Å². The fourth-order valence-corrected chi connectivity index (χ4v) is 1.76. The van der Waals surface area contributed by atoms with Crippen molar-refractivity contribution in [2.75, 3.05) is 19.8 Å². The van der Waals surface area contributed by atoms with Crippen LogP contribution in [0.2, 0.25) is 0 Å². The van der Waals surface area contributed by atoms with Gasteiger partial charge < -0.3 is 15.2 Å². The number of aliphatic hydroxyl groups is 1. The van der Waals surface area contributed by atoms with Gasteiger partial charge in [-0.15, -0.1) is 0 Å². The van der Waals surface area contributed by atoms with Crippen LogP contribution in [0.3, 0.4) is 0 Å². The van der Waals surface area contributed by atoms with E-state index in [9.17, 15) is 5.11 Å². The molecule has 0 aliphatic rings. The van der Waals surface area contributed by atoms with Crippen molar-refractivity contribution in [3.05, 3.63) is 34.3 Å². The fourth-order valence-electron chi connectivity index (χ4n) is 1.49. The molecule has 1 rings (SSSR count). The predicted octanol–water partition coefficient (Wildman–Crippen LogP) is 2.50. The van der Waals surface area contributed by atoms with Gasteiger partial charge in [-0.3, -0.25) is 0 Å². The highest BCUT2D eigenvalue weighted by Crippen LogP contribution is 2.16. The molecule has 0 fully saturated rings. The van der Waals surface area contributed by atoms with Crippen LogP contribution >= 0.6 is 15.9 Å². The summed E-state index contributed by atoms with van der Waals surface area (Å²) in [6, 6.07) is 8.39. The number of benzene rings is 1. The molecule has 1 aromatic carbocycles. The number of nitrogens with one attached hydrogen (secondary N) is 1. The molecule has 1 aromatic rings. The molecule has 0 heterocycles. The minimum atomic E-state index is -0.451. The van der Waals surface area contributed by atoms with Crippen LogP contribution in [0.4, 0.5) is 0 Å². The monoisotopic (exact) mass is 301 g/mol. The summed E-state index contributed by atoms with van der Waals surface area (Å²) in [5.74, 6) is 0. The third-order valence-corrected chi connectivity index (χ3v) is 3.07. The molecular formula is C13H20BrNO2. The van der Waals surface area contributed by atoms with Gasteiger partial charge in [-0.25, -0.2) is 0 Å². The van der Waals surface area contributed by atoms with E-state index in [0.29, 0.717) is 19.8 Å². The molecule has 0 aliphatic carbocycles. The summed E-state index contributed by atoms with van der Waals surface area (Å²) in [5, 5.41) is 12.9. The Morgan fingerprint density at radius 3 is 2.59 bits per heavy atom. The van der Waals surface area contributed by atoms with Crippen molar-refractivity contribution in [1.29, 1.82) is 0 Å². The molecule has 2 atom stereocenters. The van der Waals surface area contributed by atoms with Crippen LogP contribution in [0.25, 0.3) is 0 Å². The van der Waals surface area contributed by atoms with Crippen molar-refractivity contribution < 1.29 is 9.84 Å². The standard InChI is InChI=1S/C13H20BrNO2/c1-3-17-9-13(16)8-15-10(2)11-4-6-12(14)7-5-11/h4-7,10,13,15-16H,3,8-9H2,1-2H3/t10-,13?/m1/s1. The number of aliphatic hydroxyl groups excluding tert-OH is 1. The van der Waals surface area contributed by atoms with E-state index in [2.05, 4.69) is 40.3 Å². The van der Waals surface area contributed by atoms with Crippen molar-refractivity contribution >= 4 is 15.9 Å². The van der Waals surface area contributed by atoms with Gasteiger partial charge in [-0.1, -0.05) is 28.1 Å². The zero-order valence-electron chi connectivity index (χ0n) is 10.3. The molecule has 0 aliphatic heterocycles. The van der Waals surface area contributed by atoms with Gasteiger partial charge in [0.1, 0.15) is 0 Å². The van der Waals surface area contributed by atoms with E-state index in [4.69, 9.17) is 4.74 Å². The van der Waals surface area contributed by atoms with Crippen LogP contribution in [0, 0.1) is 0 Å². The first-order valence-electron chi connectivity index (χ1n) is 5.88. The summed E-state index contributed by atoms with van der Waals surface area (Å²) < 4.78 is 6.23. The second kappa shape index (κ2) is 7.82. The molecule has 4 heteroatoms.